The van der Waals surface area contributed by atoms with Gasteiger partial charge in [0.15, 0.2) is 5.78 Å². The van der Waals surface area contributed by atoms with Gasteiger partial charge in [0, 0.05) is 24.3 Å². The average molecular weight is 308 g/mol. The molecule has 1 unspecified atom stereocenters. The molecule has 2 heteroatoms. The van der Waals surface area contributed by atoms with Gasteiger partial charge >= 0.3 is 0 Å². The highest BCUT2D eigenvalue weighted by Gasteiger charge is 2.26. The lowest BCUT2D eigenvalue weighted by Gasteiger charge is -2.13. The highest BCUT2D eigenvalue weighted by molar-refractivity contribution is 5.95. The molecular formula is C21H26NO+. The molecule has 23 heavy (non-hydrogen) atoms. The molecule has 3 rings (SSSR count). The molecule has 1 saturated heterocycles. The lowest BCUT2D eigenvalue weighted by molar-refractivity contribution is -0.888. The number of carbonyl (C=O) groups excluding carboxylic acids is 1. The van der Waals surface area contributed by atoms with E-state index in [1.807, 2.05) is 30.3 Å². The fraction of sp³-hybridized carbons (Fsp3) is 0.381. The number of unbranched alkanes of at least 4 members (excludes halogenated alkanes) is 1. The van der Waals surface area contributed by atoms with E-state index in [0.717, 1.165) is 24.3 Å². The van der Waals surface area contributed by atoms with Crippen LogP contribution in [-0.2, 0) is 0 Å². The van der Waals surface area contributed by atoms with Crippen molar-refractivity contribution in [3.8, 4) is 0 Å². The van der Waals surface area contributed by atoms with Crippen molar-refractivity contribution in [3.05, 3.63) is 71.8 Å². The molecule has 0 bridgehead atoms. The van der Waals surface area contributed by atoms with Crippen LogP contribution < -0.4 is 4.90 Å². The topological polar surface area (TPSA) is 21.5 Å². The van der Waals surface area contributed by atoms with Crippen molar-refractivity contribution in [1.82, 2.24) is 0 Å². The van der Waals surface area contributed by atoms with Crippen LogP contribution in [0.5, 0.6) is 0 Å². The summed E-state index contributed by atoms with van der Waals surface area (Å²) in [4.78, 5) is 13.8. The molecule has 2 aromatic carbocycles. The average Bonchev–Trinajstić information content (AvgIpc) is 3.09. The number of nitrogens with one attached hydrogen (secondary N) is 1. The Balaban J connectivity index is 1.36. The summed E-state index contributed by atoms with van der Waals surface area (Å²) in [5.41, 5.74) is 2.34. The molecule has 1 N–H and O–H groups in total. The van der Waals surface area contributed by atoms with Gasteiger partial charge in [-0.1, -0.05) is 60.7 Å². The van der Waals surface area contributed by atoms with Crippen molar-refractivity contribution in [1.29, 1.82) is 0 Å². The lowest BCUT2D eigenvalue weighted by Crippen LogP contribution is -3.10. The number of hydrogen-bond acceptors (Lipinski definition) is 1. The molecule has 0 saturated carbocycles. The van der Waals surface area contributed by atoms with Gasteiger partial charge in [-0.15, -0.1) is 0 Å². The van der Waals surface area contributed by atoms with Crippen LogP contribution in [0.4, 0.5) is 0 Å². The largest absolute Gasteiger partial charge is 0.334 e. The zero-order valence-corrected chi connectivity index (χ0v) is 13.7. The van der Waals surface area contributed by atoms with Crippen LogP contribution in [0.3, 0.4) is 0 Å². The molecule has 2 atom stereocenters. The van der Waals surface area contributed by atoms with E-state index in [2.05, 4.69) is 30.3 Å². The van der Waals surface area contributed by atoms with Crippen LogP contribution in [0.25, 0.3) is 0 Å². The van der Waals surface area contributed by atoms with Gasteiger partial charge in [0.2, 0.25) is 0 Å². The Kier molecular flexibility index (Phi) is 5.60. The van der Waals surface area contributed by atoms with Gasteiger partial charge in [-0.3, -0.25) is 4.79 Å². The molecule has 0 radical (unpaired) electrons. The fourth-order valence-corrected chi connectivity index (χ4v) is 3.60. The molecule has 2 nitrogen and oxygen atoms in total. The van der Waals surface area contributed by atoms with E-state index >= 15 is 0 Å². The first-order chi connectivity index (χ1) is 11.3. The Hall–Kier alpha value is -1.93. The van der Waals surface area contributed by atoms with Gasteiger partial charge in [0.05, 0.1) is 19.6 Å². The Bertz CT molecular complexity index is 608. The van der Waals surface area contributed by atoms with Crippen molar-refractivity contribution in [3.63, 3.8) is 0 Å². The first-order valence-corrected chi connectivity index (χ1v) is 8.79. The Morgan fingerprint density at radius 2 is 1.65 bits per heavy atom. The van der Waals surface area contributed by atoms with Crippen molar-refractivity contribution in [2.75, 3.05) is 19.6 Å². The van der Waals surface area contributed by atoms with Gasteiger partial charge in [0.25, 0.3) is 0 Å². The number of Topliss-reactive ketones (excluding diaryl/α,β-unsaturated/α-hetero) is 1. The summed E-state index contributed by atoms with van der Waals surface area (Å²) in [6.07, 6.45) is 4.13. The van der Waals surface area contributed by atoms with Crippen molar-refractivity contribution in [2.45, 2.75) is 31.6 Å². The SMILES string of the molecule is O=C(CCCC[NH+]1CC[C@@H](c2ccccc2)C1)c1ccccc1. The number of carbonyl (C=O) groups is 1. The zero-order chi connectivity index (χ0) is 15.9. The van der Waals surface area contributed by atoms with Crippen molar-refractivity contribution >= 4 is 5.78 Å². The van der Waals surface area contributed by atoms with E-state index in [4.69, 9.17) is 0 Å². The molecule has 1 fully saturated rings. The first kappa shape index (κ1) is 15.9. The normalized spacial score (nSPS) is 20.5. The third-order valence-electron chi connectivity index (χ3n) is 4.93. The number of rotatable bonds is 7. The van der Waals surface area contributed by atoms with E-state index in [9.17, 15) is 4.79 Å². The van der Waals surface area contributed by atoms with Crippen molar-refractivity contribution < 1.29 is 9.69 Å². The summed E-state index contributed by atoms with van der Waals surface area (Å²) in [5, 5.41) is 0. The predicted octanol–water partition coefficient (Wildman–Crippen LogP) is 3.11. The minimum Gasteiger partial charge on any atom is -0.334 e. The highest BCUT2D eigenvalue weighted by atomic mass is 16.1. The molecule has 0 amide bonds. The van der Waals surface area contributed by atoms with Crippen LogP contribution in [0.1, 0.15) is 47.5 Å². The van der Waals surface area contributed by atoms with Gasteiger partial charge in [-0.2, -0.15) is 0 Å². The maximum Gasteiger partial charge on any atom is 0.162 e. The molecular weight excluding hydrogens is 282 g/mol. The number of likely N-dealkylation sites (tertiary alicyclic amines) is 1. The van der Waals surface area contributed by atoms with E-state index in [1.54, 1.807) is 4.90 Å². The molecule has 0 spiro atoms. The summed E-state index contributed by atoms with van der Waals surface area (Å²) >= 11 is 0. The second kappa shape index (κ2) is 8.07. The summed E-state index contributed by atoms with van der Waals surface area (Å²) in [5.74, 6) is 1.00. The molecule has 1 aliphatic heterocycles. The monoisotopic (exact) mass is 308 g/mol. The third-order valence-corrected chi connectivity index (χ3v) is 4.93. The van der Waals surface area contributed by atoms with Crippen LogP contribution in [-0.4, -0.2) is 25.4 Å². The summed E-state index contributed by atoms with van der Waals surface area (Å²) in [7, 11) is 0. The van der Waals surface area contributed by atoms with Gasteiger partial charge in [0.1, 0.15) is 0 Å². The minimum atomic E-state index is 0.282. The van der Waals surface area contributed by atoms with Crippen molar-refractivity contribution in [2.24, 2.45) is 0 Å². The zero-order valence-electron chi connectivity index (χ0n) is 13.7. The third kappa shape index (κ3) is 4.52. The van der Waals surface area contributed by atoms with Crippen LogP contribution in [0.15, 0.2) is 60.7 Å². The molecule has 120 valence electrons. The maximum absolute atomic E-state index is 12.1. The van der Waals surface area contributed by atoms with E-state index in [-0.39, 0.29) is 5.78 Å². The van der Waals surface area contributed by atoms with E-state index in [1.165, 1.54) is 31.6 Å². The molecule has 1 aliphatic rings. The van der Waals surface area contributed by atoms with E-state index < -0.39 is 0 Å². The number of hydrogen-bond donors (Lipinski definition) is 1. The number of ketones is 1. The lowest BCUT2D eigenvalue weighted by atomic mass is 9.99. The van der Waals surface area contributed by atoms with Gasteiger partial charge < -0.3 is 4.90 Å². The Morgan fingerprint density at radius 3 is 2.39 bits per heavy atom. The summed E-state index contributed by atoms with van der Waals surface area (Å²) < 4.78 is 0. The van der Waals surface area contributed by atoms with Gasteiger partial charge in [-0.25, -0.2) is 0 Å². The standard InChI is InChI=1S/C21H25NO/c23-21(19-11-5-2-6-12-19)13-7-8-15-22-16-14-20(17-22)18-9-3-1-4-10-18/h1-6,9-12,20H,7-8,13-17H2/p+1/t20-/m1/s1. The highest BCUT2D eigenvalue weighted by Crippen LogP contribution is 2.19. The maximum atomic E-state index is 12.1. The van der Waals surface area contributed by atoms with Crippen LogP contribution >= 0.6 is 0 Å². The first-order valence-electron chi connectivity index (χ1n) is 8.79. The summed E-state index contributed by atoms with van der Waals surface area (Å²) in [6.45, 7) is 3.72. The predicted molar refractivity (Wildman–Crippen MR) is 94.0 cm³/mol. The Morgan fingerprint density at radius 1 is 0.957 bits per heavy atom. The molecule has 1 heterocycles. The molecule has 0 aliphatic carbocycles. The second-order valence-electron chi connectivity index (χ2n) is 6.60. The number of benzene rings is 2. The molecule has 0 aromatic heterocycles. The van der Waals surface area contributed by atoms with Crippen LogP contribution in [0, 0.1) is 0 Å². The fourth-order valence-electron chi connectivity index (χ4n) is 3.60. The number of quaternary nitrogens is 1. The minimum absolute atomic E-state index is 0.282. The van der Waals surface area contributed by atoms with Crippen LogP contribution in [0.2, 0.25) is 0 Å². The van der Waals surface area contributed by atoms with Gasteiger partial charge in [-0.05, 0) is 18.4 Å². The summed E-state index contributed by atoms with van der Waals surface area (Å²) in [6, 6.07) is 20.5. The van der Waals surface area contributed by atoms with E-state index in [0.29, 0.717) is 6.42 Å². The Labute approximate surface area is 139 Å². The quantitative estimate of drug-likeness (QED) is 0.616. The second-order valence-corrected chi connectivity index (χ2v) is 6.60. The molecule has 2 aromatic rings. The smallest absolute Gasteiger partial charge is 0.162 e.